The van der Waals surface area contributed by atoms with Crippen molar-refractivity contribution in [1.82, 2.24) is 0 Å². The molecule has 1 aliphatic carbocycles. The number of aliphatic hydroxyl groups excluding tert-OH is 1. The van der Waals surface area contributed by atoms with Crippen LogP contribution in [0.5, 0.6) is 17.2 Å². The predicted octanol–water partition coefficient (Wildman–Crippen LogP) is 4.65. The lowest BCUT2D eigenvalue weighted by Crippen LogP contribution is -2.34. The molecule has 0 heterocycles. The van der Waals surface area contributed by atoms with Crippen LogP contribution in [-0.2, 0) is 6.61 Å². The summed E-state index contributed by atoms with van der Waals surface area (Å²) in [6.45, 7) is 0.412. The standard InChI is InChI=1S/C23H31NO4.ClH/c1-26-20-13-18(22(24)23(25)17-11-7-4-8-12-17)19(14-21(20)27-2)28-15-16-9-5-3-6-10-16;/h3,5-6,9-10,13-14,17,22-23,25H,4,7-8,11-12,15,24H2,1-2H3;1H/t22-,23+;/m0./s1. The van der Waals surface area contributed by atoms with E-state index in [1.165, 1.54) is 6.42 Å². The van der Waals surface area contributed by atoms with Crippen molar-refractivity contribution >= 4 is 12.4 Å². The van der Waals surface area contributed by atoms with E-state index in [2.05, 4.69) is 0 Å². The Morgan fingerprint density at radius 3 is 2.21 bits per heavy atom. The van der Waals surface area contributed by atoms with Gasteiger partial charge in [-0.05, 0) is 30.4 Å². The molecule has 3 N–H and O–H groups in total. The van der Waals surface area contributed by atoms with Crippen LogP contribution in [0.4, 0.5) is 0 Å². The fourth-order valence-electron chi connectivity index (χ4n) is 3.95. The molecule has 0 radical (unpaired) electrons. The van der Waals surface area contributed by atoms with Gasteiger partial charge in [-0.1, -0.05) is 49.6 Å². The van der Waals surface area contributed by atoms with Crippen molar-refractivity contribution in [2.24, 2.45) is 11.7 Å². The van der Waals surface area contributed by atoms with E-state index in [9.17, 15) is 5.11 Å². The molecule has 0 bridgehead atoms. The summed E-state index contributed by atoms with van der Waals surface area (Å²) < 4.78 is 17.0. The molecule has 5 nitrogen and oxygen atoms in total. The highest BCUT2D eigenvalue weighted by Crippen LogP contribution is 2.40. The van der Waals surface area contributed by atoms with Crippen molar-refractivity contribution in [3.05, 3.63) is 53.6 Å². The zero-order valence-electron chi connectivity index (χ0n) is 17.2. The number of hydrogen-bond donors (Lipinski definition) is 2. The summed E-state index contributed by atoms with van der Waals surface area (Å²) in [5, 5.41) is 10.9. The van der Waals surface area contributed by atoms with Gasteiger partial charge in [0.1, 0.15) is 12.4 Å². The largest absolute Gasteiger partial charge is 0.493 e. The van der Waals surface area contributed by atoms with Crippen molar-refractivity contribution < 1.29 is 19.3 Å². The molecule has 160 valence electrons. The average Bonchev–Trinajstić information content (AvgIpc) is 2.77. The molecular weight excluding hydrogens is 390 g/mol. The second-order valence-electron chi connectivity index (χ2n) is 7.43. The fourth-order valence-corrected chi connectivity index (χ4v) is 3.95. The van der Waals surface area contributed by atoms with Gasteiger partial charge in [-0.25, -0.2) is 0 Å². The minimum atomic E-state index is -0.613. The van der Waals surface area contributed by atoms with E-state index < -0.39 is 12.1 Å². The van der Waals surface area contributed by atoms with E-state index in [-0.39, 0.29) is 18.3 Å². The number of rotatable bonds is 8. The Bertz CT molecular complexity index is 750. The van der Waals surface area contributed by atoms with Crippen molar-refractivity contribution in [2.75, 3.05) is 14.2 Å². The van der Waals surface area contributed by atoms with Gasteiger partial charge >= 0.3 is 0 Å². The maximum absolute atomic E-state index is 10.9. The summed E-state index contributed by atoms with van der Waals surface area (Å²) in [6, 6.07) is 13.0. The van der Waals surface area contributed by atoms with E-state index in [0.717, 1.165) is 36.8 Å². The lowest BCUT2D eigenvalue weighted by Gasteiger charge is -2.31. The number of ether oxygens (including phenoxy) is 3. The molecule has 3 rings (SSSR count). The number of aliphatic hydroxyl groups is 1. The Morgan fingerprint density at radius 1 is 0.966 bits per heavy atom. The summed E-state index contributed by atoms with van der Waals surface area (Å²) in [5.41, 5.74) is 8.33. The van der Waals surface area contributed by atoms with Crippen LogP contribution in [0.2, 0.25) is 0 Å². The molecule has 0 spiro atoms. The molecule has 2 aromatic carbocycles. The highest BCUT2D eigenvalue weighted by atomic mass is 35.5. The van der Waals surface area contributed by atoms with Crippen molar-refractivity contribution in [3.8, 4) is 17.2 Å². The van der Waals surface area contributed by atoms with Gasteiger partial charge in [-0.15, -0.1) is 12.4 Å². The van der Waals surface area contributed by atoms with Gasteiger partial charge in [-0.3, -0.25) is 0 Å². The zero-order valence-corrected chi connectivity index (χ0v) is 18.0. The van der Waals surface area contributed by atoms with E-state index in [4.69, 9.17) is 19.9 Å². The number of hydrogen-bond acceptors (Lipinski definition) is 5. The van der Waals surface area contributed by atoms with E-state index in [1.807, 2.05) is 36.4 Å². The summed E-state index contributed by atoms with van der Waals surface area (Å²) >= 11 is 0. The molecule has 0 saturated heterocycles. The normalized spacial score (nSPS) is 16.4. The molecular formula is C23H32ClNO4. The van der Waals surface area contributed by atoms with E-state index in [0.29, 0.717) is 23.9 Å². The second-order valence-corrected chi connectivity index (χ2v) is 7.43. The second kappa shape index (κ2) is 11.3. The molecule has 0 aromatic heterocycles. The van der Waals surface area contributed by atoms with Crippen molar-refractivity contribution in [2.45, 2.75) is 50.9 Å². The van der Waals surface area contributed by atoms with Crippen molar-refractivity contribution in [1.29, 1.82) is 0 Å². The molecule has 1 fully saturated rings. The maximum Gasteiger partial charge on any atom is 0.164 e. The maximum atomic E-state index is 10.9. The summed E-state index contributed by atoms with van der Waals surface area (Å²) in [5.74, 6) is 1.99. The zero-order chi connectivity index (χ0) is 19.9. The molecule has 0 unspecified atom stereocenters. The van der Waals surface area contributed by atoms with Crippen LogP contribution in [0.3, 0.4) is 0 Å². The number of methoxy groups -OCH3 is 2. The number of nitrogens with two attached hydrogens (primary N) is 1. The van der Waals surface area contributed by atoms with Crippen LogP contribution in [0.25, 0.3) is 0 Å². The highest BCUT2D eigenvalue weighted by Gasteiger charge is 2.30. The van der Waals surface area contributed by atoms with Crippen LogP contribution >= 0.6 is 12.4 Å². The minimum Gasteiger partial charge on any atom is -0.493 e. The lowest BCUT2D eigenvalue weighted by atomic mass is 9.81. The Morgan fingerprint density at radius 2 is 1.59 bits per heavy atom. The van der Waals surface area contributed by atoms with Crippen LogP contribution in [0.15, 0.2) is 42.5 Å². The first-order valence-electron chi connectivity index (χ1n) is 10.00. The Kier molecular flexibility index (Phi) is 9.08. The number of benzene rings is 2. The Hall–Kier alpha value is -1.95. The van der Waals surface area contributed by atoms with Gasteiger partial charge in [0.25, 0.3) is 0 Å². The van der Waals surface area contributed by atoms with Gasteiger partial charge in [-0.2, -0.15) is 0 Å². The summed E-state index contributed by atoms with van der Waals surface area (Å²) in [7, 11) is 3.19. The van der Waals surface area contributed by atoms with Crippen LogP contribution < -0.4 is 19.9 Å². The molecule has 29 heavy (non-hydrogen) atoms. The third-order valence-corrected chi connectivity index (χ3v) is 5.61. The third-order valence-electron chi connectivity index (χ3n) is 5.61. The molecule has 0 amide bonds. The third kappa shape index (κ3) is 5.78. The van der Waals surface area contributed by atoms with Gasteiger partial charge in [0, 0.05) is 11.6 Å². The van der Waals surface area contributed by atoms with E-state index in [1.54, 1.807) is 20.3 Å². The average molecular weight is 422 g/mol. The van der Waals surface area contributed by atoms with Crippen LogP contribution in [0.1, 0.15) is 49.3 Å². The molecule has 2 aromatic rings. The molecule has 1 saturated carbocycles. The Labute approximate surface area is 179 Å². The fraction of sp³-hybridized carbons (Fsp3) is 0.478. The molecule has 6 heteroatoms. The first kappa shape index (κ1) is 23.3. The summed E-state index contributed by atoms with van der Waals surface area (Å²) in [4.78, 5) is 0. The minimum absolute atomic E-state index is 0. The highest BCUT2D eigenvalue weighted by molar-refractivity contribution is 5.85. The van der Waals surface area contributed by atoms with Gasteiger partial charge in [0.2, 0.25) is 0 Å². The van der Waals surface area contributed by atoms with Gasteiger partial charge in [0.15, 0.2) is 11.5 Å². The van der Waals surface area contributed by atoms with Gasteiger partial charge < -0.3 is 25.1 Å². The van der Waals surface area contributed by atoms with Crippen molar-refractivity contribution in [3.63, 3.8) is 0 Å². The number of halogens is 1. The van der Waals surface area contributed by atoms with E-state index >= 15 is 0 Å². The van der Waals surface area contributed by atoms with Crippen LogP contribution in [-0.4, -0.2) is 25.4 Å². The molecule has 2 atom stereocenters. The lowest BCUT2D eigenvalue weighted by molar-refractivity contribution is 0.0607. The van der Waals surface area contributed by atoms with Crippen LogP contribution in [0, 0.1) is 5.92 Å². The first-order valence-corrected chi connectivity index (χ1v) is 10.00. The predicted molar refractivity (Wildman–Crippen MR) is 117 cm³/mol. The monoisotopic (exact) mass is 421 g/mol. The Balaban J connectivity index is 0.00000300. The molecule has 1 aliphatic rings. The van der Waals surface area contributed by atoms with Gasteiger partial charge in [0.05, 0.1) is 26.4 Å². The smallest absolute Gasteiger partial charge is 0.164 e. The topological polar surface area (TPSA) is 73.9 Å². The quantitative estimate of drug-likeness (QED) is 0.649. The first-order chi connectivity index (χ1) is 13.6. The summed E-state index contributed by atoms with van der Waals surface area (Å²) in [6.07, 6.45) is 4.96. The molecule has 0 aliphatic heterocycles. The SMILES string of the molecule is COc1cc(OCc2ccccc2)c([C@H](N)[C@H](O)C2CCCCC2)cc1OC.Cl.